The molecule has 38 heavy (non-hydrogen) atoms. The standard InChI is InChI=1S/C24H32Br4N4O6/c1-23(35-3,36-4)17-11(9-29-21(33)15-7-13(25)19(27)31-15)12(18(17)24(2,37-5)38-6)10-30-22(34)16-8-14(26)20(28)32-16/h7-8,11-12,17-18,31-32H,9-10H2,1-6H3,(H,29,33)(H,30,34)/t11-,12-,17+,18+/m1/s1. The van der Waals surface area contributed by atoms with Gasteiger partial charge in [-0.3, -0.25) is 9.59 Å². The Morgan fingerprint density at radius 3 is 1.29 bits per heavy atom. The number of halogens is 4. The zero-order valence-corrected chi connectivity index (χ0v) is 28.2. The molecule has 3 rings (SSSR count). The second-order valence-corrected chi connectivity index (χ2v) is 12.6. The van der Waals surface area contributed by atoms with Crippen LogP contribution < -0.4 is 10.6 Å². The second-order valence-electron chi connectivity index (χ2n) is 9.34. The van der Waals surface area contributed by atoms with Crippen molar-refractivity contribution in [3.63, 3.8) is 0 Å². The maximum absolute atomic E-state index is 13.0. The molecule has 1 aliphatic rings. The Morgan fingerprint density at radius 2 is 1.05 bits per heavy atom. The number of aromatic nitrogens is 2. The van der Waals surface area contributed by atoms with Crippen LogP contribution in [0, 0.1) is 23.7 Å². The van der Waals surface area contributed by atoms with Crippen LogP contribution in [0.2, 0.25) is 0 Å². The molecule has 0 aliphatic heterocycles. The molecule has 2 heterocycles. The molecule has 0 radical (unpaired) electrons. The van der Waals surface area contributed by atoms with Crippen molar-refractivity contribution in [3.05, 3.63) is 41.7 Å². The summed E-state index contributed by atoms with van der Waals surface area (Å²) in [5.41, 5.74) is 0.813. The number of rotatable bonds is 12. The molecule has 0 unspecified atom stereocenters. The minimum atomic E-state index is -1.01. The Bertz CT molecular complexity index is 1020. The summed E-state index contributed by atoms with van der Waals surface area (Å²) < 4.78 is 26.2. The van der Waals surface area contributed by atoms with E-state index in [1.165, 1.54) is 0 Å². The fraction of sp³-hybridized carbons (Fsp3) is 0.583. The second kappa shape index (κ2) is 12.8. The summed E-state index contributed by atoms with van der Waals surface area (Å²) in [6.07, 6.45) is 0. The van der Waals surface area contributed by atoms with Gasteiger partial charge in [0, 0.05) is 53.4 Å². The van der Waals surface area contributed by atoms with Crippen molar-refractivity contribution in [2.24, 2.45) is 23.7 Å². The van der Waals surface area contributed by atoms with Crippen LogP contribution in [0.1, 0.15) is 34.8 Å². The number of hydrogen-bond acceptors (Lipinski definition) is 6. The van der Waals surface area contributed by atoms with Crippen molar-refractivity contribution in [1.82, 2.24) is 20.6 Å². The molecule has 1 saturated carbocycles. The molecule has 4 N–H and O–H groups in total. The minimum Gasteiger partial charge on any atom is -0.353 e. The summed E-state index contributed by atoms with van der Waals surface area (Å²) in [6, 6.07) is 3.40. The Morgan fingerprint density at radius 1 is 0.737 bits per heavy atom. The number of nitrogens with one attached hydrogen (secondary N) is 4. The fourth-order valence-electron chi connectivity index (χ4n) is 5.28. The van der Waals surface area contributed by atoms with Crippen molar-refractivity contribution in [3.8, 4) is 0 Å². The predicted octanol–water partition coefficient (Wildman–Crippen LogP) is 5.05. The first kappa shape index (κ1) is 31.8. The summed E-state index contributed by atoms with van der Waals surface area (Å²) in [4.78, 5) is 31.9. The molecule has 10 nitrogen and oxygen atoms in total. The van der Waals surface area contributed by atoms with E-state index in [0.29, 0.717) is 33.7 Å². The molecule has 1 fully saturated rings. The molecule has 2 aromatic rings. The van der Waals surface area contributed by atoms with E-state index in [1.54, 1.807) is 40.6 Å². The van der Waals surface area contributed by atoms with Crippen LogP contribution in [0.25, 0.3) is 0 Å². The van der Waals surface area contributed by atoms with Crippen molar-refractivity contribution < 1.29 is 28.5 Å². The van der Waals surface area contributed by atoms with Gasteiger partial charge in [-0.2, -0.15) is 0 Å². The summed E-state index contributed by atoms with van der Waals surface area (Å²) in [5, 5.41) is 6.05. The molecule has 0 saturated heterocycles. The summed E-state index contributed by atoms with van der Waals surface area (Å²) in [5.74, 6) is -3.34. The smallest absolute Gasteiger partial charge is 0.267 e. The number of ether oxygens (including phenoxy) is 4. The average molecular weight is 792 g/mol. The van der Waals surface area contributed by atoms with Gasteiger partial charge in [0.25, 0.3) is 11.8 Å². The lowest BCUT2D eigenvalue weighted by molar-refractivity contribution is -0.348. The Balaban J connectivity index is 1.90. The largest absolute Gasteiger partial charge is 0.353 e. The Hall–Kier alpha value is -0.740. The van der Waals surface area contributed by atoms with E-state index in [-0.39, 0.29) is 35.5 Å². The molecular formula is C24H32Br4N4O6. The maximum Gasteiger partial charge on any atom is 0.267 e. The van der Waals surface area contributed by atoms with E-state index < -0.39 is 11.6 Å². The molecule has 0 spiro atoms. The van der Waals surface area contributed by atoms with Gasteiger partial charge in [0.1, 0.15) is 11.4 Å². The first-order valence-corrected chi connectivity index (χ1v) is 14.9. The zero-order valence-electron chi connectivity index (χ0n) is 21.8. The van der Waals surface area contributed by atoms with E-state index in [1.807, 2.05) is 13.8 Å². The van der Waals surface area contributed by atoms with Crippen LogP contribution in [0.3, 0.4) is 0 Å². The lowest BCUT2D eigenvalue weighted by Gasteiger charge is -2.61. The number of aromatic amines is 2. The first-order chi connectivity index (χ1) is 17.8. The van der Waals surface area contributed by atoms with E-state index in [4.69, 9.17) is 18.9 Å². The number of H-pyrrole nitrogens is 2. The number of amides is 2. The van der Waals surface area contributed by atoms with Crippen LogP contribution in [0.5, 0.6) is 0 Å². The quantitative estimate of drug-likeness (QED) is 0.223. The zero-order chi connectivity index (χ0) is 28.4. The van der Waals surface area contributed by atoms with Gasteiger partial charge in [-0.1, -0.05) is 0 Å². The predicted molar refractivity (Wildman–Crippen MR) is 156 cm³/mol. The van der Waals surface area contributed by atoms with Gasteiger partial charge < -0.3 is 39.5 Å². The normalized spacial score (nSPS) is 21.7. The van der Waals surface area contributed by atoms with Crippen molar-refractivity contribution in [2.45, 2.75) is 25.4 Å². The molecule has 2 amide bonds. The van der Waals surface area contributed by atoms with Crippen LogP contribution in [0.15, 0.2) is 30.3 Å². The summed E-state index contributed by atoms with van der Waals surface area (Å²) >= 11 is 13.5. The molecule has 0 bridgehead atoms. The average Bonchev–Trinajstić information content (AvgIpc) is 3.42. The third-order valence-electron chi connectivity index (χ3n) is 7.63. The Kier molecular flexibility index (Phi) is 10.7. The number of carbonyl (C=O) groups excluding carboxylic acids is 2. The highest BCUT2D eigenvalue weighted by molar-refractivity contribution is 9.13. The lowest BCUT2D eigenvalue weighted by atomic mass is 9.51. The lowest BCUT2D eigenvalue weighted by Crippen LogP contribution is -2.69. The van der Waals surface area contributed by atoms with Gasteiger partial charge in [0.15, 0.2) is 11.6 Å². The van der Waals surface area contributed by atoms with Gasteiger partial charge in [0.05, 0.1) is 18.2 Å². The summed E-state index contributed by atoms with van der Waals surface area (Å²) in [7, 11) is 6.32. The molecular weight excluding hydrogens is 760 g/mol. The van der Waals surface area contributed by atoms with E-state index in [2.05, 4.69) is 84.3 Å². The third-order valence-corrected chi connectivity index (χ3v) is 11.2. The van der Waals surface area contributed by atoms with Crippen molar-refractivity contribution >= 4 is 75.5 Å². The number of hydrogen-bond donors (Lipinski definition) is 4. The van der Waals surface area contributed by atoms with Crippen molar-refractivity contribution in [1.29, 1.82) is 0 Å². The third kappa shape index (κ3) is 6.27. The van der Waals surface area contributed by atoms with Gasteiger partial charge in [-0.25, -0.2) is 0 Å². The molecule has 212 valence electrons. The minimum absolute atomic E-state index is 0.150. The van der Waals surface area contributed by atoms with Gasteiger partial charge >= 0.3 is 0 Å². The number of carbonyl (C=O) groups is 2. The highest BCUT2D eigenvalue weighted by Gasteiger charge is 2.64. The molecule has 4 atom stereocenters. The van der Waals surface area contributed by atoms with Gasteiger partial charge in [-0.05, 0) is 102 Å². The monoisotopic (exact) mass is 788 g/mol. The van der Waals surface area contributed by atoms with Crippen LogP contribution in [0.4, 0.5) is 0 Å². The molecule has 2 aromatic heterocycles. The van der Waals surface area contributed by atoms with Crippen molar-refractivity contribution in [2.75, 3.05) is 41.5 Å². The molecule has 1 aliphatic carbocycles. The molecule has 14 heteroatoms. The van der Waals surface area contributed by atoms with E-state index in [0.717, 1.165) is 8.95 Å². The fourth-order valence-corrected chi connectivity index (χ4v) is 6.59. The Labute approximate surface area is 255 Å². The first-order valence-electron chi connectivity index (χ1n) is 11.7. The topological polar surface area (TPSA) is 127 Å². The molecule has 0 aromatic carbocycles. The van der Waals surface area contributed by atoms with Gasteiger partial charge in [0.2, 0.25) is 0 Å². The highest BCUT2D eigenvalue weighted by Crippen LogP contribution is 2.57. The van der Waals surface area contributed by atoms with Crippen LogP contribution in [-0.4, -0.2) is 74.9 Å². The van der Waals surface area contributed by atoms with Gasteiger partial charge in [-0.15, -0.1) is 0 Å². The number of methoxy groups -OCH3 is 4. The van der Waals surface area contributed by atoms with Crippen LogP contribution >= 0.6 is 63.7 Å². The highest BCUT2D eigenvalue weighted by atomic mass is 79.9. The van der Waals surface area contributed by atoms with E-state index >= 15 is 0 Å². The maximum atomic E-state index is 13.0. The van der Waals surface area contributed by atoms with E-state index in [9.17, 15) is 9.59 Å². The summed E-state index contributed by atoms with van der Waals surface area (Å²) in [6.45, 7) is 4.32. The SMILES string of the molecule is COC(C)(OC)[C@H]1[C@H](CNC(=O)c2cc(Br)c(Br)[nH]2)[C@@H](CNC(=O)c2cc(Br)c(Br)[nH]2)[C@@H]1C(C)(OC)OC. The van der Waals surface area contributed by atoms with Crippen LogP contribution in [-0.2, 0) is 18.9 Å².